The van der Waals surface area contributed by atoms with Gasteiger partial charge in [-0.2, -0.15) is 0 Å². The van der Waals surface area contributed by atoms with Crippen molar-refractivity contribution in [3.05, 3.63) is 48.0 Å². The molecule has 2 rings (SSSR count). The molecule has 2 heteroatoms. The smallest absolute Gasteiger partial charge is 0.115 e. The average Bonchev–Trinajstić information content (AvgIpc) is 2.38. The quantitative estimate of drug-likeness (QED) is 0.894. The molecule has 0 heterocycles. The summed E-state index contributed by atoms with van der Waals surface area (Å²) in [6, 6.07) is 14.3. The zero-order valence-electron chi connectivity index (χ0n) is 11.2. The van der Waals surface area contributed by atoms with E-state index in [-0.39, 0.29) is 5.92 Å². The zero-order valence-corrected chi connectivity index (χ0v) is 11.2. The van der Waals surface area contributed by atoms with Gasteiger partial charge < -0.3 is 9.84 Å². The molecule has 2 nitrogen and oxygen atoms in total. The monoisotopic (exact) mass is 244 g/mol. The molecule has 0 fully saturated rings. The fraction of sp³-hybridized carbons (Fsp3) is 0.375. The lowest BCUT2D eigenvalue weighted by Gasteiger charge is -2.32. The van der Waals surface area contributed by atoms with Crippen LogP contribution in [0.3, 0.4) is 0 Å². The van der Waals surface area contributed by atoms with Crippen LogP contribution in [0.2, 0.25) is 0 Å². The predicted molar refractivity (Wildman–Crippen MR) is 74.6 cm³/mol. The van der Waals surface area contributed by atoms with Gasteiger partial charge in [0.05, 0.1) is 6.61 Å². The van der Waals surface area contributed by atoms with Crippen LogP contribution < -0.4 is 0 Å². The van der Waals surface area contributed by atoms with E-state index in [1.807, 2.05) is 44.2 Å². The molecule has 0 saturated heterocycles. The molecule has 2 aromatic rings. The normalized spacial score (nSPS) is 14.9. The van der Waals surface area contributed by atoms with E-state index in [2.05, 4.69) is 12.1 Å². The van der Waals surface area contributed by atoms with Crippen molar-refractivity contribution in [3.8, 4) is 0 Å². The van der Waals surface area contributed by atoms with Gasteiger partial charge in [-0.3, -0.25) is 0 Å². The molecule has 0 bridgehead atoms. The van der Waals surface area contributed by atoms with Gasteiger partial charge in [0.2, 0.25) is 0 Å². The Kier molecular flexibility index (Phi) is 3.69. The lowest BCUT2D eigenvalue weighted by Crippen LogP contribution is -2.36. The SMILES string of the molecule is COCC(O)(c1ccc2ccccc2c1)C(C)C. The van der Waals surface area contributed by atoms with E-state index >= 15 is 0 Å². The Hall–Kier alpha value is -1.38. The number of rotatable bonds is 4. The lowest BCUT2D eigenvalue weighted by atomic mass is 9.83. The third-order valence-corrected chi connectivity index (χ3v) is 3.57. The average molecular weight is 244 g/mol. The van der Waals surface area contributed by atoms with Crippen molar-refractivity contribution in [2.45, 2.75) is 19.4 Å². The molecule has 0 radical (unpaired) electrons. The van der Waals surface area contributed by atoms with E-state index in [1.165, 1.54) is 5.39 Å². The highest BCUT2D eigenvalue weighted by molar-refractivity contribution is 5.83. The minimum Gasteiger partial charge on any atom is -0.382 e. The molecule has 0 saturated carbocycles. The Morgan fingerprint density at radius 1 is 1.11 bits per heavy atom. The predicted octanol–water partition coefficient (Wildman–Crippen LogP) is 3.33. The molecule has 0 aromatic heterocycles. The van der Waals surface area contributed by atoms with Gasteiger partial charge in [-0.15, -0.1) is 0 Å². The Labute approximate surface area is 108 Å². The maximum atomic E-state index is 10.8. The first-order valence-electron chi connectivity index (χ1n) is 6.28. The molecule has 1 N–H and O–H groups in total. The summed E-state index contributed by atoms with van der Waals surface area (Å²) in [5.74, 6) is 0.0959. The second-order valence-electron chi connectivity index (χ2n) is 5.07. The van der Waals surface area contributed by atoms with Gasteiger partial charge in [0.1, 0.15) is 5.60 Å². The van der Waals surface area contributed by atoms with Crippen LogP contribution in [0, 0.1) is 5.92 Å². The third-order valence-electron chi connectivity index (χ3n) is 3.57. The molecule has 0 aliphatic heterocycles. The topological polar surface area (TPSA) is 29.5 Å². The lowest BCUT2D eigenvalue weighted by molar-refractivity contribution is -0.0699. The zero-order chi connectivity index (χ0) is 13.2. The number of hydrogen-bond donors (Lipinski definition) is 1. The molecule has 2 aromatic carbocycles. The van der Waals surface area contributed by atoms with Crippen LogP contribution in [0.1, 0.15) is 19.4 Å². The van der Waals surface area contributed by atoms with Gasteiger partial charge in [-0.25, -0.2) is 0 Å². The summed E-state index contributed by atoms with van der Waals surface area (Å²) in [4.78, 5) is 0. The second-order valence-corrected chi connectivity index (χ2v) is 5.07. The van der Waals surface area contributed by atoms with Gasteiger partial charge >= 0.3 is 0 Å². The van der Waals surface area contributed by atoms with Crippen LogP contribution in [0.4, 0.5) is 0 Å². The van der Waals surface area contributed by atoms with Crippen LogP contribution in [-0.2, 0) is 10.3 Å². The molecule has 0 amide bonds. The molecule has 0 aliphatic carbocycles. The van der Waals surface area contributed by atoms with Gasteiger partial charge in [0.15, 0.2) is 0 Å². The summed E-state index contributed by atoms with van der Waals surface area (Å²) in [7, 11) is 1.62. The summed E-state index contributed by atoms with van der Waals surface area (Å²) in [6.07, 6.45) is 0. The number of hydrogen-bond acceptors (Lipinski definition) is 2. The van der Waals surface area contributed by atoms with E-state index < -0.39 is 5.60 Å². The fourth-order valence-corrected chi connectivity index (χ4v) is 2.26. The first-order valence-corrected chi connectivity index (χ1v) is 6.28. The highest BCUT2D eigenvalue weighted by Gasteiger charge is 2.33. The van der Waals surface area contributed by atoms with E-state index in [0.717, 1.165) is 10.9 Å². The maximum absolute atomic E-state index is 10.8. The van der Waals surface area contributed by atoms with Crippen molar-refractivity contribution in [2.75, 3.05) is 13.7 Å². The van der Waals surface area contributed by atoms with Crippen molar-refractivity contribution in [3.63, 3.8) is 0 Å². The molecule has 1 atom stereocenters. The Morgan fingerprint density at radius 2 is 1.78 bits per heavy atom. The molecule has 18 heavy (non-hydrogen) atoms. The molecular formula is C16H20O2. The van der Waals surface area contributed by atoms with Crippen LogP contribution in [0.5, 0.6) is 0 Å². The van der Waals surface area contributed by atoms with E-state index in [0.29, 0.717) is 6.61 Å². The third kappa shape index (κ3) is 2.26. The van der Waals surface area contributed by atoms with Crippen LogP contribution in [0.25, 0.3) is 10.8 Å². The number of aliphatic hydroxyl groups is 1. The summed E-state index contributed by atoms with van der Waals surface area (Å²) < 4.78 is 5.18. The highest BCUT2D eigenvalue weighted by Crippen LogP contribution is 2.31. The van der Waals surface area contributed by atoms with Crippen LogP contribution in [0.15, 0.2) is 42.5 Å². The van der Waals surface area contributed by atoms with Gasteiger partial charge in [-0.1, -0.05) is 50.2 Å². The van der Waals surface area contributed by atoms with Gasteiger partial charge in [0, 0.05) is 7.11 Å². The minimum atomic E-state index is -0.932. The van der Waals surface area contributed by atoms with E-state index in [9.17, 15) is 5.11 Å². The molecule has 1 unspecified atom stereocenters. The summed E-state index contributed by atoms with van der Waals surface area (Å²) in [5.41, 5.74) is -0.0169. The Morgan fingerprint density at radius 3 is 2.39 bits per heavy atom. The fourth-order valence-electron chi connectivity index (χ4n) is 2.26. The number of fused-ring (bicyclic) bond motifs is 1. The van der Waals surface area contributed by atoms with E-state index in [4.69, 9.17) is 4.74 Å². The van der Waals surface area contributed by atoms with Crippen molar-refractivity contribution in [1.82, 2.24) is 0 Å². The first-order chi connectivity index (χ1) is 8.58. The number of ether oxygens (including phenoxy) is 1. The van der Waals surface area contributed by atoms with Crippen LogP contribution >= 0.6 is 0 Å². The highest BCUT2D eigenvalue weighted by atomic mass is 16.5. The minimum absolute atomic E-state index is 0.0959. The van der Waals surface area contributed by atoms with E-state index in [1.54, 1.807) is 7.11 Å². The number of methoxy groups -OCH3 is 1. The van der Waals surface area contributed by atoms with Gasteiger partial charge in [-0.05, 0) is 28.3 Å². The summed E-state index contributed by atoms with van der Waals surface area (Å²) in [5, 5.41) is 13.1. The summed E-state index contributed by atoms with van der Waals surface area (Å²) >= 11 is 0. The van der Waals surface area contributed by atoms with Gasteiger partial charge in [0.25, 0.3) is 0 Å². The second kappa shape index (κ2) is 5.09. The molecule has 96 valence electrons. The Bertz CT molecular complexity index is 533. The first kappa shape index (κ1) is 13.1. The maximum Gasteiger partial charge on any atom is 0.115 e. The van der Waals surface area contributed by atoms with Crippen molar-refractivity contribution < 1.29 is 9.84 Å². The summed E-state index contributed by atoms with van der Waals surface area (Å²) in [6.45, 7) is 4.32. The molecular weight excluding hydrogens is 224 g/mol. The molecule has 0 aliphatic rings. The number of benzene rings is 2. The van der Waals surface area contributed by atoms with Crippen molar-refractivity contribution in [1.29, 1.82) is 0 Å². The van der Waals surface area contributed by atoms with Crippen molar-refractivity contribution in [2.24, 2.45) is 5.92 Å². The van der Waals surface area contributed by atoms with Crippen LogP contribution in [-0.4, -0.2) is 18.8 Å². The Balaban J connectivity index is 2.51. The van der Waals surface area contributed by atoms with Crippen molar-refractivity contribution >= 4 is 10.8 Å². The standard InChI is InChI=1S/C16H20O2/c1-12(2)16(17,11-18-3)15-9-8-13-6-4-5-7-14(13)10-15/h4-10,12,17H,11H2,1-3H3. The molecule has 0 spiro atoms. The largest absolute Gasteiger partial charge is 0.382 e.